The normalized spacial score (nSPS) is 12.6. The van der Waals surface area contributed by atoms with E-state index in [2.05, 4.69) is 0 Å². The molecule has 0 spiro atoms. The van der Waals surface area contributed by atoms with E-state index < -0.39 is 5.22 Å². The van der Waals surface area contributed by atoms with Crippen LogP contribution >= 0.6 is 0 Å². The average Bonchev–Trinajstić information content (AvgIpc) is 0.722. The molecule has 1 radical (unpaired) electrons. The minimum absolute atomic E-state index is 0.611. The Morgan fingerprint density at radius 2 is 1.60 bits per heavy atom. The predicted molar refractivity (Wildman–Crippen MR) is 24.7 cm³/mol. The van der Waals surface area contributed by atoms with Crippen LogP contribution in [0.3, 0.4) is 0 Å². The topological polar surface area (TPSA) is 19.9 Å². The molecule has 0 aliphatic rings. The number of hydrogen-bond donors (Lipinski definition) is 0. The summed E-state index contributed by atoms with van der Waals surface area (Å²) in [5, 5.41) is 9.55. The van der Waals surface area contributed by atoms with Crippen LogP contribution in [0.15, 0.2) is 0 Å². The molecular formula is C3H9OSi. The Bertz CT molecular complexity index is 22.4. The first-order valence-electron chi connectivity index (χ1n) is 1.70. The third-order valence-corrected chi connectivity index (χ3v) is 0. The summed E-state index contributed by atoms with van der Waals surface area (Å²) >= 11 is 0. The number of hydrogen-bond acceptors (Lipinski definition) is 0. The summed E-state index contributed by atoms with van der Waals surface area (Å²) in [5.74, 6) is 0. The van der Waals surface area contributed by atoms with Crippen LogP contribution in [0.4, 0.5) is 0 Å². The molecule has 31 valence electrons. The second kappa shape index (κ2) is 1.10. The van der Waals surface area contributed by atoms with Crippen LogP contribution < -0.4 is 0 Å². The highest BCUT2D eigenvalue weighted by atomic mass is 28.1. The quantitative estimate of drug-likeness (QED) is 0.357. The monoisotopic (exact) mass is 89.0 g/mol. The van der Waals surface area contributed by atoms with Gasteiger partial charge in [-0.25, -0.2) is 5.11 Å². The van der Waals surface area contributed by atoms with Crippen molar-refractivity contribution in [1.29, 1.82) is 0 Å². The third kappa shape index (κ3) is 633. The van der Waals surface area contributed by atoms with E-state index >= 15 is 0 Å². The third-order valence-electron chi connectivity index (χ3n) is 0. The molecule has 0 aromatic carbocycles. The highest BCUT2D eigenvalue weighted by Crippen LogP contribution is 1.89. The van der Waals surface area contributed by atoms with E-state index in [9.17, 15) is 5.11 Å². The number of rotatable bonds is 0. The lowest BCUT2D eigenvalue weighted by molar-refractivity contribution is 0.0811. The summed E-state index contributed by atoms with van der Waals surface area (Å²) in [6.45, 7) is 3.39. The Kier molecular flexibility index (Phi) is 1.14. The van der Waals surface area contributed by atoms with Gasteiger partial charge in [0.15, 0.2) is 0 Å². The minimum Gasteiger partial charge on any atom is -0.235 e. The van der Waals surface area contributed by atoms with Gasteiger partial charge in [-0.05, 0) is 13.8 Å². The van der Waals surface area contributed by atoms with Crippen LogP contribution in [0.25, 0.3) is 0 Å². The van der Waals surface area contributed by atoms with Crippen LogP contribution in [-0.2, 0) is 5.11 Å². The van der Waals surface area contributed by atoms with E-state index in [4.69, 9.17) is 0 Å². The molecule has 0 saturated carbocycles. The fraction of sp³-hybridized carbons (Fsp3) is 1.00. The van der Waals surface area contributed by atoms with Crippen molar-refractivity contribution in [3.8, 4) is 0 Å². The Hall–Kier alpha value is 0.177. The smallest absolute Gasteiger partial charge is 0.0776 e. The van der Waals surface area contributed by atoms with E-state index in [0.29, 0.717) is 0 Å². The minimum atomic E-state index is -0.611. The van der Waals surface area contributed by atoms with Gasteiger partial charge >= 0.3 is 0 Å². The Labute approximate surface area is 35.4 Å². The van der Waals surface area contributed by atoms with Crippen molar-refractivity contribution in [2.45, 2.75) is 19.1 Å². The molecule has 0 N–H and O–H groups in total. The van der Waals surface area contributed by atoms with Gasteiger partial charge in [0.25, 0.3) is 0 Å². The van der Waals surface area contributed by atoms with Gasteiger partial charge in [-0.1, -0.05) is 0 Å². The highest BCUT2D eigenvalue weighted by molar-refractivity contribution is 6.13. The van der Waals surface area contributed by atoms with E-state index in [1.807, 2.05) is 0 Å². The average molecular weight is 89.2 g/mol. The molecule has 0 bridgehead atoms. The van der Waals surface area contributed by atoms with Crippen LogP contribution in [0.5, 0.6) is 0 Å². The van der Waals surface area contributed by atoms with E-state index in [0.717, 1.165) is 10.2 Å². The Balaban J connectivity index is 3.02. The molecule has 0 aromatic rings. The second-order valence-corrected chi connectivity index (χ2v) is 4.52. The fourth-order valence-corrected chi connectivity index (χ4v) is 0. The first-order chi connectivity index (χ1) is 2.00. The van der Waals surface area contributed by atoms with Crippen LogP contribution in [0.1, 0.15) is 13.8 Å². The summed E-state index contributed by atoms with van der Waals surface area (Å²) < 4.78 is 0. The Morgan fingerprint density at radius 3 is 1.60 bits per heavy atom. The van der Waals surface area contributed by atoms with Crippen LogP contribution in [0, 0.1) is 0 Å². The van der Waals surface area contributed by atoms with E-state index in [1.165, 1.54) is 0 Å². The molecule has 0 rings (SSSR count). The molecule has 0 heterocycles. The first kappa shape index (κ1) is 5.18. The van der Waals surface area contributed by atoms with Gasteiger partial charge in [0.2, 0.25) is 0 Å². The molecule has 1 nitrogen and oxygen atoms in total. The van der Waals surface area contributed by atoms with Crippen molar-refractivity contribution in [2.24, 2.45) is 0 Å². The maximum absolute atomic E-state index is 10.2. The Morgan fingerprint density at radius 1 is 1.60 bits per heavy atom. The highest BCUT2D eigenvalue weighted by Gasteiger charge is 2.01. The van der Waals surface area contributed by atoms with Crippen LogP contribution in [-0.4, -0.2) is 15.5 Å². The van der Waals surface area contributed by atoms with E-state index in [-0.39, 0.29) is 0 Å². The molecule has 0 atom stereocenters. The summed E-state index contributed by atoms with van der Waals surface area (Å²) in [6, 6.07) is 0. The first-order valence-corrected chi connectivity index (χ1v) is 2.70. The van der Waals surface area contributed by atoms with Crippen molar-refractivity contribution >= 4 is 10.2 Å². The molecular weight excluding hydrogens is 80.1 g/mol. The van der Waals surface area contributed by atoms with Gasteiger partial charge in [0, 0.05) is 10.2 Å². The zero-order valence-electron chi connectivity index (χ0n) is 3.91. The molecule has 0 unspecified atom stereocenters. The predicted octanol–water partition coefficient (Wildman–Crippen LogP) is -0.482. The van der Waals surface area contributed by atoms with Crippen molar-refractivity contribution in [3.05, 3.63) is 0 Å². The zero-order valence-corrected chi connectivity index (χ0v) is 5.91. The second-order valence-electron chi connectivity index (χ2n) is 2.11. The molecule has 5 heavy (non-hydrogen) atoms. The van der Waals surface area contributed by atoms with Crippen molar-refractivity contribution < 1.29 is 5.11 Å². The summed E-state index contributed by atoms with van der Waals surface area (Å²) in [6.07, 6.45) is 0. The lowest BCUT2D eigenvalue weighted by Gasteiger charge is -2.00. The summed E-state index contributed by atoms with van der Waals surface area (Å²) in [4.78, 5) is 0. The van der Waals surface area contributed by atoms with Gasteiger partial charge in [0.05, 0.1) is 5.22 Å². The van der Waals surface area contributed by atoms with Crippen molar-refractivity contribution in [3.63, 3.8) is 0 Å². The molecule has 0 aliphatic carbocycles. The molecule has 0 aliphatic heterocycles. The van der Waals surface area contributed by atoms with Gasteiger partial charge < -0.3 is 0 Å². The lowest BCUT2D eigenvalue weighted by atomic mass is 10.5. The maximum atomic E-state index is 10.2. The van der Waals surface area contributed by atoms with Crippen LogP contribution in [0.2, 0.25) is 0 Å². The molecule has 0 saturated heterocycles. The van der Waals surface area contributed by atoms with Gasteiger partial charge in [0.1, 0.15) is 0 Å². The molecule has 2 heteroatoms. The SMILES string of the molecule is CC(C)([O])[SiH3]. The summed E-state index contributed by atoms with van der Waals surface area (Å²) in [5.41, 5.74) is 0. The van der Waals surface area contributed by atoms with Crippen molar-refractivity contribution in [2.75, 3.05) is 0 Å². The summed E-state index contributed by atoms with van der Waals surface area (Å²) in [7, 11) is 0.752. The van der Waals surface area contributed by atoms with E-state index in [1.54, 1.807) is 13.8 Å². The van der Waals surface area contributed by atoms with Gasteiger partial charge in [-0.2, -0.15) is 0 Å². The zero-order chi connectivity index (χ0) is 4.50. The lowest BCUT2D eigenvalue weighted by Crippen LogP contribution is -2.14. The largest absolute Gasteiger partial charge is 0.235 e. The molecule has 0 aromatic heterocycles. The van der Waals surface area contributed by atoms with Gasteiger partial charge in [-0.3, -0.25) is 0 Å². The van der Waals surface area contributed by atoms with Gasteiger partial charge in [-0.15, -0.1) is 0 Å². The van der Waals surface area contributed by atoms with Crippen molar-refractivity contribution in [1.82, 2.24) is 0 Å². The fourth-order valence-electron chi connectivity index (χ4n) is 0. The maximum Gasteiger partial charge on any atom is 0.0776 e. The molecule has 0 fully saturated rings. The molecule has 0 amide bonds. The standard InChI is InChI=1S/C3H9OSi/c1-3(2,4)5/h1-2,5H3.